The Morgan fingerprint density at radius 3 is 2.38 bits per heavy atom. The first kappa shape index (κ1) is 17.7. The van der Waals surface area contributed by atoms with E-state index in [0.717, 1.165) is 0 Å². The van der Waals surface area contributed by atoms with Gasteiger partial charge < -0.3 is 10.4 Å². The van der Waals surface area contributed by atoms with Crippen LogP contribution in [0.3, 0.4) is 0 Å². The van der Waals surface area contributed by atoms with Gasteiger partial charge in [0.2, 0.25) is 5.91 Å². The molecule has 1 heterocycles. The summed E-state index contributed by atoms with van der Waals surface area (Å²) in [6.45, 7) is 9.09. The number of benzene rings is 1. The van der Waals surface area contributed by atoms with Gasteiger partial charge in [0.25, 0.3) is 5.91 Å². The molecule has 0 saturated carbocycles. The number of hydrogen-bond donors (Lipinski definition) is 2. The van der Waals surface area contributed by atoms with Crippen molar-refractivity contribution in [3.63, 3.8) is 0 Å². The van der Waals surface area contributed by atoms with Crippen LogP contribution in [0.1, 0.15) is 43.1 Å². The van der Waals surface area contributed by atoms with E-state index >= 15 is 0 Å². The number of carbonyl (C=O) groups is 3. The molecule has 24 heavy (non-hydrogen) atoms. The predicted octanol–water partition coefficient (Wildman–Crippen LogP) is 2.12. The number of aliphatic carboxylic acids is 1. The van der Waals surface area contributed by atoms with Gasteiger partial charge in [0.05, 0.1) is 12.0 Å². The van der Waals surface area contributed by atoms with Crippen LogP contribution in [-0.2, 0) is 9.59 Å². The summed E-state index contributed by atoms with van der Waals surface area (Å²) in [7, 11) is 0. The van der Waals surface area contributed by atoms with Crippen LogP contribution in [0.2, 0.25) is 0 Å². The lowest BCUT2D eigenvalue weighted by Crippen LogP contribution is -2.53. The molecule has 1 atom stereocenters. The fraction of sp³-hybridized carbons (Fsp3) is 0.389. The van der Waals surface area contributed by atoms with Crippen LogP contribution in [0, 0.1) is 5.92 Å². The number of fused-ring (bicyclic) bond motifs is 1. The maximum absolute atomic E-state index is 12.4. The SMILES string of the molecule is C=C1c2ccccc2C(=O)N1CC(=O)NC(C)(CC(=O)O)C(C)C. The number of carbonyl (C=O) groups excluding carboxylic acids is 2. The van der Waals surface area contributed by atoms with Gasteiger partial charge in [-0.05, 0) is 18.9 Å². The molecule has 0 saturated heterocycles. The van der Waals surface area contributed by atoms with Crippen molar-refractivity contribution in [1.29, 1.82) is 0 Å². The number of carboxylic acids is 1. The van der Waals surface area contributed by atoms with E-state index in [2.05, 4.69) is 11.9 Å². The standard InChI is InChI=1S/C18H22N2O4/c1-11(2)18(4,9-16(22)23)19-15(21)10-20-12(3)13-7-5-6-8-14(13)17(20)24/h5-8,11H,3,9-10H2,1-2,4H3,(H,19,21)(H,22,23). The molecule has 0 aliphatic carbocycles. The normalized spacial score (nSPS) is 16.1. The number of rotatable bonds is 6. The third kappa shape index (κ3) is 3.32. The number of nitrogens with zero attached hydrogens (tertiary/aromatic N) is 1. The first-order valence-electron chi connectivity index (χ1n) is 7.78. The van der Waals surface area contributed by atoms with Crippen molar-refractivity contribution < 1.29 is 19.5 Å². The Labute approximate surface area is 141 Å². The van der Waals surface area contributed by atoms with Crippen LogP contribution >= 0.6 is 0 Å². The molecule has 1 unspecified atom stereocenters. The van der Waals surface area contributed by atoms with Crippen LogP contribution in [-0.4, -0.2) is 39.9 Å². The highest BCUT2D eigenvalue weighted by molar-refractivity contribution is 6.10. The zero-order valence-electron chi connectivity index (χ0n) is 14.1. The molecule has 0 aromatic heterocycles. The molecule has 6 nitrogen and oxygen atoms in total. The lowest BCUT2D eigenvalue weighted by Gasteiger charge is -2.34. The molecule has 0 bridgehead atoms. The molecule has 2 N–H and O–H groups in total. The van der Waals surface area contributed by atoms with Crippen molar-refractivity contribution in [3.8, 4) is 0 Å². The van der Waals surface area contributed by atoms with E-state index in [9.17, 15) is 14.4 Å². The summed E-state index contributed by atoms with van der Waals surface area (Å²) in [5.74, 6) is -1.74. The van der Waals surface area contributed by atoms with Crippen molar-refractivity contribution in [2.24, 2.45) is 5.92 Å². The summed E-state index contributed by atoms with van der Waals surface area (Å²) in [6.07, 6.45) is -0.189. The van der Waals surface area contributed by atoms with Gasteiger partial charge in [-0.3, -0.25) is 19.3 Å². The molecule has 0 fully saturated rings. The average molecular weight is 330 g/mol. The van der Waals surface area contributed by atoms with Crippen molar-refractivity contribution in [2.75, 3.05) is 6.54 Å². The van der Waals surface area contributed by atoms with E-state index in [4.69, 9.17) is 5.11 Å². The van der Waals surface area contributed by atoms with E-state index < -0.39 is 17.4 Å². The summed E-state index contributed by atoms with van der Waals surface area (Å²) in [5, 5.41) is 11.8. The lowest BCUT2D eigenvalue weighted by molar-refractivity contribution is -0.139. The lowest BCUT2D eigenvalue weighted by atomic mass is 9.85. The summed E-state index contributed by atoms with van der Waals surface area (Å²) in [6, 6.07) is 7.05. The van der Waals surface area contributed by atoms with E-state index in [1.807, 2.05) is 19.9 Å². The van der Waals surface area contributed by atoms with Crippen molar-refractivity contribution in [1.82, 2.24) is 10.2 Å². The molecule has 2 rings (SSSR count). The van der Waals surface area contributed by atoms with Crippen molar-refractivity contribution in [3.05, 3.63) is 42.0 Å². The van der Waals surface area contributed by atoms with Crippen LogP contribution in [0.5, 0.6) is 0 Å². The average Bonchev–Trinajstić information content (AvgIpc) is 2.72. The van der Waals surface area contributed by atoms with E-state index in [0.29, 0.717) is 16.8 Å². The van der Waals surface area contributed by atoms with Crippen LogP contribution in [0.25, 0.3) is 5.70 Å². The number of hydrogen-bond acceptors (Lipinski definition) is 3. The Bertz CT molecular complexity index is 676. The molecular formula is C18H22N2O4. The van der Waals surface area contributed by atoms with Gasteiger partial charge in [-0.1, -0.05) is 38.6 Å². The summed E-state index contributed by atoms with van der Waals surface area (Å²) in [4.78, 5) is 37.2. The summed E-state index contributed by atoms with van der Waals surface area (Å²) >= 11 is 0. The van der Waals surface area contributed by atoms with E-state index in [-0.39, 0.29) is 24.8 Å². The van der Waals surface area contributed by atoms with Gasteiger partial charge in [0, 0.05) is 16.8 Å². The van der Waals surface area contributed by atoms with E-state index in [1.54, 1.807) is 25.1 Å². The fourth-order valence-corrected chi connectivity index (χ4v) is 2.71. The minimum Gasteiger partial charge on any atom is -0.481 e. The van der Waals surface area contributed by atoms with Gasteiger partial charge in [-0.2, -0.15) is 0 Å². The molecular weight excluding hydrogens is 308 g/mol. The van der Waals surface area contributed by atoms with Gasteiger partial charge in [-0.15, -0.1) is 0 Å². The minimum atomic E-state index is -0.986. The summed E-state index contributed by atoms with van der Waals surface area (Å²) < 4.78 is 0. The highest BCUT2D eigenvalue weighted by Crippen LogP contribution is 2.31. The van der Waals surface area contributed by atoms with Crippen LogP contribution < -0.4 is 5.32 Å². The van der Waals surface area contributed by atoms with Crippen molar-refractivity contribution in [2.45, 2.75) is 32.7 Å². The zero-order chi connectivity index (χ0) is 18.1. The zero-order valence-corrected chi connectivity index (χ0v) is 14.1. The maximum atomic E-state index is 12.4. The Kier molecular flexibility index (Phi) is 4.78. The van der Waals surface area contributed by atoms with Gasteiger partial charge in [-0.25, -0.2) is 0 Å². The molecule has 6 heteroatoms. The number of carboxylic acid groups (broad SMARTS) is 1. The van der Waals surface area contributed by atoms with Crippen LogP contribution in [0.4, 0.5) is 0 Å². The second-order valence-corrected chi connectivity index (χ2v) is 6.57. The number of amides is 2. The monoisotopic (exact) mass is 330 g/mol. The highest BCUT2D eigenvalue weighted by Gasteiger charge is 2.36. The first-order valence-corrected chi connectivity index (χ1v) is 7.78. The Balaban J connectivity index is 2.12. The molecule has 2 amide bonds. The minimum absolute atomic E-state index is 0.0766. The molecule has 1 aromatic rings. The highest BCUT2D eigenvalue weighted by atomic mass is 16.4. The molecule has 0 radical (unpaired) electrons. The number of nitrogens with one attached hydrogen (secondary N) is 1. The van der Waals surface area contributed by atoms with E-state index in [1.165, 1.54) is 4.90 Å². The topological polar surface area (TPSA) is 86.7 Å². The van der Waals surface area contributed by atoms with Crippen LogP contribution in [0.15, 0.2) is 30.8 Å². The van der Waals surface area contributed by atoms with Gasteiger partial charge in [0.1, 0.15) is 6.54 Å². The second-order valence-electron chi connectivity index (χ2n) is 6.57. The molecule has 1 aliphatic rings. The fourth-order valence-electron chi connectivity index (χ4n) is 2.71. The predicted molar refractivity (Wildman–Crippen MR) is 90.2 cm³/mol. The third-order valence-electron chi connectivity index (χ3n) is 4.56. The molecule has 1 aromatic carbocycles. The summed E-state index contributed by atoms with van der Waals surface area (Å²) in [5.41, 5.74) is 0.829. The second kappa shape index (κ2) is 6.47. The first-order chi connectivity index (χ1) is 11.2. The third-order valence-corrected chi connectivity index (χ3v) is 4.56. The van der Waals surface area contributed by atoms with Crippen molar-refractivity contribution >= 4 is 23.5 Å². The largest absolute Gasteiger partial charge is 0.481 e. The Hall–Kier alpha value is -2.63. The maximum Gasteiger partial charge on any atom is 0.305 e. The Morgan fingerprint density at radius 2 is 1.88 bits per heavy atom. The molecule has 0 spiro atoms. The molecule has 128 valence electrons. The Morgan fingerprint density at radius 1 is 1.29 bits per heavy atom. The van der Waals surface area contributed by atoms with Gasteiger partial charge >= 0.3 is 5.97 Å². The smallest absolute Gasteiger partial charge is 0.305 e. The van der Waals surface area contributed by atoms with Gasteiger partial charge in [0.15, 0.2) is 0 Å². The quantitative estimate of drug-likeness (QED) is 0.836. The molecule has 1 aliphatic heterocycles.